The van der Waals surface area contributed by atoms with Gasteiger partial charge in [0.2, 0.25) is 5.91 Å². The molecule has 0 spiro atoms. The molecule has 0 radical (unpaired) electrons. The van der Waals surface area contributed by atoms with Gasteiger partial charge in [0.05, 0.1) is 16.2 Å². The number of nitro benzene ring substituents is 1. The molecule has 2 aromatic rings. The van der Waals surface area contributed by atoms with Crippen molar-refractivity contribution in [1.29, 1.82) is 0 Å². The zero-order valence-corrected chi connectivity index (χ0v) is 19.1. The molecule has 0 bridgehead atoms. The average Bonchev–Trinajstić information content (AvgIpc) is 2.83. The summed E-state index contributed by atoms with van der Waals surface area (Å²) in [6.45, 7) is 0. The van der Waals surface area contributed by atoms with Crippen molar-refractivity contribution >= 4 is 46.6 Å². The highest BCUT2D eigenvalue weighted by atomic mass is 32.1. The van der Waals surface area contributed by atoms with Gasteiger partial charge in [0, 0.05) is 31.3 Å². The molecular weight excluding hydrogens is 440 g/mol. The first kappa shape index (κ1) is 24.1. The summed E-state index contributed by atoms with van der Waals surface area (Å²) >= 11 is 5.24. The van der Waals surface area contributed by atoms with Crippen LogP contribution in [0.15, 0.2) is 54.6 Å². The van der Waals surface area contributed by atoms with E-state index in [0.717, 1.165) is 25.7 Å². The number of carbonyl (C=O) groups is 2. The lowest BCUT2D eigenvalue weighted by Gasteiger charge is -2.31. The fourth-order valence-electron chi connectivity index (χ4n) is 3.82. The Morgan fingerprint density at radius 1 is 1.12 bits per heavy atom. The molecule has 172 valence electrons. The number of non-ortho nitro benzene ring substituents is 1. The third-order valence-corrected chi connectivity index (χ3v) is 5.80. The highest BCUT2D eigenvalue weighted by Crippen LogP contribution is 2.25. The predicted octanol–water partition coefficient (Wildman–Crippen LogP) is 4.53. The number of hydrogen-bond acceptors (Lipinski definition) is 5. The molecule has 33 heavy (non-hydrogen) atoms. The molecule has 8 nitrogen and oxygen atoms in total. The van der Waals surface area contributed by atoms with E-state index in [1.807, 2.05) is 7.05 Å². The molecule has 0 aromatic heterocycles. The van der Waals surface area contributed by atoms with Crippen molar-refractivity contribution in [1.82, 2.24) is 10.2 Å². The number of amides is 2. The molecule has 0 heterocycles. The Kier molecular flexibility index (Phi) is 8.26. The molecular formula is C24H26N4O4S. The van der Waals surface area contributed by atoms with Crippen molar-refractivity contribution in [2.24, 2.45) is 0 Å². The van der Waals surface area contributed by atoms with Gasteiger partial charge in [-0.3, -0.25) is 25.0 Å². The fraction of sp³-hybridized carbons (Fsp3) is 0.292. The number of thiocarbonyl (C=S) groups is 1. The van der Waals surface area contributed by atoms with Crippen LogP contribution in [0.4, 0.5) is 11.4 Å². The summed E-state index contributed by atoms with van der Waals surface area (Å²) in [6.07, 6.45) is 8.17. The average molecular weight is 467 g/mol. The largest absolute Gasteiger partial charge is 0.339 e. The van der Waals surface area contributed by atoms with Crippen molar-refractivity contribution in [3.63, 3.8) is 0 Å². The van der Waals surface area contributed by atoms with E-state index in [2.05, 4.69) is 10.6 Å². The maximum atomic E-state index is 13.1. The lowest BCUT2D eigenvalue weighted by Crippen LogP contribution is -2.39. The van der Waals surface area contributed by atoms with Gasteiger partial charge in [0.25, 0.3) is 11.6 Å². The Bertz CT molecular complexity index is 1080. The molecule has 1 fully saturated rings. The van der Waals surface area contributed by atoms with Crippen LogP contribution >= 0.6 is 12.2 Å². The normalized spacial score (nSPS) is 14.0. The van der Waals surface area contributed by atoms with Crippen molar-refractivity contribution in [3.8, 4) is 0 Å². The van der Waals surface area contributed by atoms with E-state index in [9.17, 15) is 19.7 Å². The highest BCUT2D eigenvalue weighted by molar-refractivity contribution is 7.80. The number of anilines is 1. The Balaban J connectivity index is 1.62. The zero-order valence-electron chi connectivity index (χ0n) is 18.3. The first-order valence-electron chi connectivity index (χ1n) is 10.8. The van der Waals surface area contributed by atoms with Crippen molar-refractivity contribution in [2.75, 3.05) is 12.4 Å². The monoisotopic (exact) mass is 466 g/mol. The topological polar surface area (TPSA) is 105 Å². The minimum Gasteiger partial charge on any atom is -0.339 e. The molecule has 1 saturated carbocycles. The number of nitrogens with zero attached hydrogens (tertiary/aromatic N) is 2. The van der Waals surface area contributed by atoms with Crippen LogP contribution < -0.4 is 10.6 Å². The van der Waals surface area contributed by atoms with Crippen LogP contribution in [0.5, 0.6) is 0 Å². The molecule has 0 saturated heterocycles. The van der Waals surface area contributed by atoms with Crippen LogP contribution in [-0.2, 0) is 4.79 Å². The highest BCUT2D eigenvalue weighted by Gasteiger charge is 2.24. The minimum atomic E-state index is -0.499. The number of hydrogen-bond donors (Lipinski definition) is 2. The van der Waals surface area contributed by atoms with Crippen LogP contribution in [0, 0.1) is 10.1 Å². The third kappa shape index (κ3) is 6.69. The van der Waals surface area contributed by atoms with Gasteiger partial charge in [0.1, 0.15) is 0 Å². The second-order valence-corrected chi connectivity index (χ2v) is 8.29. The first-order valence-corrected chi connectivity index (χ1v) is 11.2. The van der Waals surface area contributed by atoms with Gasteiger partial charge in [-0.1, -0.05) is 43.5 Å². The van der Waals surface area contributed by atoms with Crippen LogP contribution in [0.2, 0.25) is 0 Å². The summed E-state index contributed by atoms with van der Waals surface area (Å²) in [5, 5.41) is 16.4. The number of benzene rings is 2. The lowest BCUT2D eigenvalue weighted by molar-refractivity contribution is -0.384. The van der Waals surface area contributed by atoms with Crippen LogP contribution in [0.1, 0.15) is 48.0 Å². The molecule has 2 N–H and O–H groups in total. The Hall–Kier alpha value is -3.59. The molecule has 9 heteroatoms. The van der Waals surface area contributed by atoms with Crippen molar-refractivity contribution < 1.29 is 14.5 Å². The van der Waals surface area contributed by atoms with Crippen LogP contribution in [0.25, 0.3) is 6.08 Å². The molecule has 0 aliphatic heterocycles. The van der Waals surface area contributed by atoms with Gasteiger partial charge >= 0.3 is 0 Å². The van der Waals surface area contributed by atoms with E-state index in [0.29, 0.717) is 16.8 Å². The number of para-hydroxylation sites is 1. The minimum absolute atomic E-state index is 0.0456. The molecule has 2 amide bonds. The summed E-state index contributed by atoms with van der Waals surface area (Å²) in [5.41, 5.74) is 1.45. The van der Waals surface area contributed by atoms with Crippen LogP contribution in [0.3, 0.4) is 0 Å². The molecule has 1 aliphatic carbocycles. The van der Waals surface area contributed by atoms with E-state index in [4.69, 9.17) is 12.2 Å². The van der Waals surface area contributed by atoms with Gasteiger partial charge in [-0.25, -0.2) is 0 Å². The molecule has 3 rings (SSSR count). The standard InChI is InChI=1S/C24H26N4O4S/c1-27(18-9-3-2-4-10-18)23(30)20-12-5-6-13-21(20)25-24(33)26-22(29)15-14-17-8-7-11-19(16-17)28(31)32/h5-8,11-16,18H,2-4,9-10H2,1H3,(H2,25,26,29,33)/b15-14+. The Morgan fingerprint density at radius 2 is 1.85 bits per heavy atom. The van der Waals surface area contributed by atoms with Gasteiger partial charge < -0.3 is 10.2 Å². The SMILES string of the molecule is CN(C(=O)c1ccccc1NC(=S)NC(=O)/C=C/c1cccc([N+](=O)[O-])c1)C1CCCCC1. The molecule has 0 atom stereocenters. The van der Waals surface area contributed by atoms with E-state index in [-0.39, 0.29) is 22.7 Å². The van der Waals surface area contributed by atoms with E-state index >= 15 is 0 Å². The second kappa shape index (κ2) is 11.3. The summed E-state index contributed by atoms with van der Waals surface area (Å²) in [7, 11) is 1.83. The fourth-order valence-corrected chi connectivity index (χ4v) is 4.03. The van der Waals surface area contributed by atoms with E-state index in [1.54, 1.807) is 41.3 Å². The number of carbonyl (C=O) groups excluding carboxylic acids is 2. The smallest absolute Gasteiger partial charge is 0.270 e. The quantitative estimate of drug-likeness (QED) is 0.281. The summed E-state index contributed by atoms with van der Waals surface area (Å²) in [5.74, 6) is -0.591. The maximum Gasteiger partial charge on any atom is 0.270 e. The van der Waals surface area contributed by atoms with Crippen molar-refractivity contribution in [3.05, 3.63) is 75.8 Å². The predicted molar refractivity (Wildman–Crippen MR) is 132 cm³/mol. The molecule has 0 unspecified atom stereocenters. The third-order valence-electron chi connectivity index (χ3n) is 5.59. The number of rotatable bonds is 6. The number of nitro groups is 1. The van der Waals surface area contributed by atoms with Gasteiger partial charge in [0.15, 0.2) is 5.11 Å². The molecule has 1 aliphatic rings. The van der Waals surface area contributed by atoms with Gasteiger partial charge in [-0.2, -0.15) is 0 Å². The van der Waals surface area contributed by atoms with Crippen molar-refractivity contribution in [2.45, 2.75) is 38.1 Å². The first-order chi connectivity index (χ1) is 15.8. The van der Waals surface area contributed by atoms with E-state index in [1.165, 1.54) is 30.7 Å². The second-order valence-electron chi connectivity index (χ2n) is 7.88. The summed E-state index contributed by atoms with van der Waals surface area (Å²) in [4.78, 5) is 37.5. The lowest BCUT2D eigenvalue weighted by atomic mass is 9.94. The van der Waals surface area contributed by atoms with Crippen LogP contribution in [-0.4, -0.2) is 39.8 Å². The number of nitrogens with one attached hydrogen (secondary N) is 2. The maximum absolute atomic E-state index is 13.1. The van der Waals surface area contributed by atoms with Gasteiger partial charge in [-0.05, 0) is 48.8 Å². The molecule has 2 aromatic carbocycles. The Morgan fingerprint density at radius 3 is 2.58 bits per heavy atom. The summed E-state index contributed by atoms with van der Waals surface area (Å²) in [6, 6.07) is 13.2. The zero-order chi connectivity index (χ0) is 23.8. The summed E-state index contributed by atoms with van der Waals surface area (Å²) < 4.78 is 0. The Labute approximate surface area is 197 Å². The van der Waals surface area contributed by atoms with Gasteiger partial charge in [-0.15, -0.1) is 0 Å². The van der Waals surface area contributed by atoms with E-state index < -0.39 is 10.8 Å².